The van der Waals surface area contributed by atoms with E-state index in [9.17, 15) is 19.5 Å². The Hall–Kier alpha value is -2.95. The normalized spacial score (nSPS) is 10.4. The van der Waals surface area contributed by atoms with Gasteiger partial charge in [0.1, 0.15) is 0 Å². The van der Waals surface area contributed by atoms with Gasteiger partial charge < -0.3 is 5.11 Å². The maximum absolute atomic E-state index is 11.8. The van der Waals surface area contributed by atoms with E-state index in [0.29, 0.717) is 27.8 Å². The van der Waals surface area contributed by atoms with E-state index in [4.69, 9.17) is 23.2 Å². The van der Waals surface area contributed by atoms with Gasteiger partial charge in [-0.3, -0.25) is 9.59 Å². The fourth-order valence-corrected chi connectivity index (χ4v) is 3.08. The summed E-state index contributed by atoms with van der Waals surface area (Å²) in [6, 6.07) is 17.9. The number of rotatable bonds is 5. The lowest BCUT2D eigenvalue weighted by Crippen LogP contribution is -2.01. The van der Waals surface area contributed by atoms with Crippen molar-refractivity contribution in [1.82, 2.24) is 0 Å². The SMILES string of the molecule is O=C(Cl)c1ccc(-c2cccc(C(=O)O)c2-c2ccc(C(=O)Cl)cc2)cc1. The van der Waals surface area contributed by atoms with Crippen LogP contribution < -0.4 is 0 Å². The predicted molar refractivity (Wildman–Crippen MR) is 105 cm³/mol. The average Bonchev–Trinajstić information content (AvgIpc) is 2.67. The highest BCUT2D eigenvalue weighted by atomic mass is 35.5. The maximum Gasteiger partial charge on any atom is 0.336 e. The standard InChI is InChI=1S/C21H12Cl2O4/c22-19(24)14-8-4-12(5-9-14)16-2-1-3-17(21(26)27)18(16)13-6-10-15(11-7-13)20(23)25/h1-11H,(H,26,27). The second-order valence-corrected chi connectivity index (χ2v) is 6.42. The number of benzene rings is 3. The van der Waals surface area contributed by atoms with Crippen molar-refractivity contribution in [3.63, 3.8) is 0 Å². The summed E-state index contributed by atoms with van der Waals surface area (Å²) in [4.78, 5) is 34.3. The molecule has 0 amide bonds. The second-order valence-electron chi connectivity index (χ2n) is 5.74. The molecule has 27 heavy (non-hydrogen) atoms. The van der Waals surface area contributed by atoms with E-state index in [1.54, 1.807) is 60.7 Å². The fourth-order valence-electron chi connectivity index (χ4n) is 2.83. The van der Waals surface area contributed by atoms with Crippen LogP contribution in [0.25, 0.3) is 22.3 Å². The minimum atomic E-state index is -1.07. The number of hydrogen-bond acceptors (Lipinski definition) is 3. The molecule has 0 aliphatic rings. The number of aromatic carboxylic acids is 1. The molecule has 0 aliphatic carbocycles. The van der Waals surface area contributed by atoms with Crippen molar-refractivity contribution in [1.29, 1.82) is 0 Å². The summed E-state index contributed by atoms with van der Waals surface area (Å²) >= 11 is 11.0. The van der Waals surface area contributed by atoms with Crippen molar-refractivity contribution < 1.29 is 19.5 Å². The Kier molecular flexibility index (Phi) is 5.40. The lowest BCUT2D eigenvalue weighted by Gasteiger charge is -2.14. The molecule has 0 fully saturated rings. The Morgan fingerprint density at radius 2 is 1.15 bits per heavy atom. The van der Waals surface area contributed by atoms with Gasteiger partial charge in [-0.05, 0) is 70.2 Å². The maximum atomic E-state index is 11.8. The third kappa shape index (κ3) is 3.92. The summed E-state index contributed by atoms with van der Waals surface area (Å²) in [7, 11) is 0. The van der Waals surface area contributed by atoms with E-state index in [0.717, 1.165) is 5.56 Å². The Morgan fingerprint density at radius 3 is 1.59 bits per heavy atom. The molecule has 0 saturated heterocycles. The molecular formula is C21H12Cl2O4. The molecule has 0 aliphatic heterocycles. The van der Waals surface area contributed by atoms with Crippen LogP contribution in [0, 0.1) is 0 Å². The number of carbonyl (C=O) groups excluding carboxylic acids is 2. The van der Waals surface area contributed by atoms with Gasteiger partial charge in [-0.1, -0.05) is 36.4 Å². The minimum absolute atomic E-state index is 0.120. The fraction of sp³-hybridized carbons (Fsp3) is 0. The zero-order valence-corrected chi connectivity index (χ0v) is 15.3. The Balaban J connectivity index is 2.20. The highest BCUT2D eigenvalue weighted by Gasteiger charge is 2.17. The topological polar surface area (TPSA) is 71.4 Å². The third-order valence-electron chi connectivity index (χ3n) is 4.12. The second kappa shape index (κ2) is 7.74. The van der Waals surface area contributed by atoms with Crippen molar-refractivity contribution >= 4 is 39.7 Å². The molecule has 0 radical (unpaired) electrons. The number of carboxylic acids is 1. The van der Waals surface area contributed by atoms with Gasteiger partial charge >= 0.3 is 5.97 Å². The first-order chi connectivity index (χ1) is 12.9. The van der Waals surface area contributed by atoms with Gasteiger partial charge in [0.25, 0.3) is 10.5 Å². The summed E-state index contributed by atoms with van der Waals surface area (Å²) in [5, 5.41) is 8.47. The molecule has 134 valence electrons. The van der Waals surface area contributed by atoms with Crippen LogP contribution in [0.15, 0.2) is 66.7 Å². The van der Waals surface area contributed by atoms with Crippen LogP contribution in [0.3, 0.4) is 0 Å². The van der Waals surface area contributed by atoms with E-state index < -0.39 is 16.5 Å². The molecule has 0 heterocycles. The highest BCUT2D eigenvalue weighted by Crippen LogP contribution is 2.35. The van der Waals surface area contributed by atoms with E-state index in [2.05, 4.69) is 0 Å². The van der Waals surface area contributed by atoms with Gasteiger partial charge in [-0.25, -0.2) is 4.79 Å². The van der Waals surface area contributed by atoms with Gasteiger partial charge in [0.2, 0.25) is 0 Å². The van der Waals surface area contributed by atoms with Gasteiger partial charge in [-0.2, -0.15) is 0 Å². The first-order valence-corrected chi connectivity index (χ1v) is 8.61. The summed E-state index contributed by atoms with van der Waals surface area (Å²) in [5.74, 6) is -1.07. The van der Waals surface area contributed by atoms with Crippen LogP contribution in [0.1, 0.15) is 31.1 Å². The molecule has 1 N–H and O–H groups in total. The molecule has 3 rings (SSSR count). The monoisotopic (exact) mass is 398 g/mol. The highest BCUT2D eigenvalue weighted by molar-refractivity contribution is 6.68. The molecule has 0 aromatic heterocycles. The van der Waals surface area contributed by atoms with Gasteiger partial charge in [-0.15, -0.1) is 0 Å². The Labute approximate surface area is 165 Å². The van der Waals surface area contributed by atoms with Crippen LogP contribution in [0.4, 0.5) is 0 Å². The summed E-state index contributed by atoms with van der Waals surface area (Å²) in [5.41, 5.74) is 3.32. The van der Waals surface area contributed by atoms with E-state index in [-0.39, 0.29) is 5.56 Å². The lowest BCUT2D eigenvalue weighted by atomic mass is 9.90. The molecule has 6 heteroatoms. The first kappa shape index (κ1) is 18.8. The molecule has 3 aromatic carbocycles. The van der Waals surface area contributed by atoms with Crippen molar-refractivity contribution in [2.75, 3.05) is 0 Å². The molecule has 3 aromatic rings. The van der Waals surface area contributed by atoms with E-state index in [1.807, 2.05) is 0 Å². The summed E-state index contributed by atoms with van der Waals surface area (Å²) in [6.45, 7) is 0. The van der Waals surface area contributed by atoms with Crippen molar-refractivity contribution in [2.45, 2.75) is 0 Å². The zero-order chi connectivity index (χ0) is 19.6. The molecular weight excluding hydrogens is 387 g/mol. The molecule has 0 bridgehead atoms. The number of halogens is 2. The quantitative estimate of drug-likeness (QED) is 0.577. The van der Waals surface area contributed by atoms with Crippen LogP contribution >= 0.6 is 23.2 Å². The van der Waals surface area contributed by atoms with Gasteiger partial charge in [0.15, 0.2) is 0 Å². The van der Waals surface area contributed by atoms with Crippen LogP contribution in [0.5, 0.6) is 0 Å². The molecule has 4 nitrogen and oxygen atoms in total. The smallest absolute Gasteiger partial charge is 0.336 e. The summed E-state index contributed by atoms with van der Waals surface area (Å²) in [6.07, 6.45) is 0. The third-order valence-corrected chi connectivity index (χ3v) is 4.55. The molecule has 0 unspecified atom stereocenters. The predicted octanol–water partition coefficient (Wildman–Crippen LogP) is 5.48. The molecule has 0 atom stereocenters. The molecule has 0 spiro atoms. The number of carbonyl (C=O) groups is 3. The van der Waals surface area contributed by atoms with Crippen LogP contribution in [-0.4, -0.2) is 21.6 Å². The Morgan fingerprint density at radius 1 is 0.667 bits per heavy atom. The van der Waals surface area contributed by atoms with Gasteiger partial charge in [0.05, 0.1) is 5.56 Å². The van der Waals surface area contributed by atoms with E-state index in [1.165, 1.54) is 6.07 Å². The Bertz CT molecular complexity index is 1040. The first-order valence-electron chi connectivity index (χ1n) is 7.85. The van der Waals surface area contributed by atoms with E-state index >= 15 is 0 Å². The van der Waals surface area contributed by atoms with Crippen LogP contribution in [0.2, 0.25) is 0 Å². The zero-order valence-electron chi connectivity index (χ0n) is 13.8. The molecule has 0 saturated carbocycles. The average molecular weight is 399 g/mol. The van der Waals surface area contributed by atoms with Crippen LogP contribution in [-0.2, 0) is 0 Å². The summed E-state index contributed by atoms with van der Waals surface area (Å²) < 4.78 is 0. The van der Waals surface area contributed by atoms with Gasteiger partial charge in [0, 0.05) is 16.7 Å². The van der Waals surface area contributed by atoms with Crippen molar-refractivity contribution in [3.8, 4) is 22.3 Å². The van der Waals surface area contributed by atoms with Crippen molar-refractivity contribution in [3.05, 3.63) is 83.4 Å². The largest absolute Gasteiger partial charge is 0.478 e. The van der Waals surface area contributed by atoms with Crippen molar-refractivity contribution in [2.24, 2.45) is 0 Å². The minimum Gasteiger partial charge on any atom is -0.478 e. The number of hydrogen-bond donors (Lipinski definition) is 1. The number of carboxylic acid groups (broad SMARTS) is 1. The lowest BCUT2D eigenvalue weighted by molar-refractivity contribution is 0.0697.